The molecule has 104 valence electrons. The molecule has 2 N–H and O–H groups in total. The molecule has 0 atom stereocenters. The predicted molar refractivity (Wildman–Crippen MR) is 83.6 cm³/mol. The molecule has 0 radical (unpaired) electrons. The molecule has 0 fully saturated rings. The zero-order valence-electron chi connectivity index (χ0n) is 11.5. The second kappa shape index (κ2) is 4.56. The van der Waals surface area contributed by atoms with Crippen molar-refractivity contribution in [3.8, 4) is 17.0 Å². The van der Waals surface area contributed by atoms with E-state index in [-0.39, 0.29) is 0 Å². The van der Waals surface area contributed by atoms with Crippen LogP contribution in [0.4, 0.5) is 11.4 Å². The lowest BCUT2D eigenvalue weighted by molar-refractivity contribution is 0.477. The molecule has 0 saturated heterocycles. The van der Waals surface area contributed by atoms with E-state index in [0.717, 1.165) is 34.0 Å². The monoisotopic (exact) mass is 278 g/mol. The number of nitrogens with one attached hydrogen (secondary N) is 2. The molecule has 0 amide bonds. The van der Waals surface area contributed by atoms with Gasteiger partial charge in [0, 0.05) is 43.0 Å². The fourth-order valence-electron chi connectivity index (χ4n) is 2.41. The summed E-state index contributed by atoms with van der Waals surface area (Å²) >= 11 is 0. The molecule has 5 heteroatoms. The van der Waals surface area contributed by atoms with E-state index in [1.807, 2.05) is 54.2 Å². The van der Waals surface area contributed by atoms with E-state index >= 15 is 0 Å². The number of hydrogen-bond donors (Lipinski definition) is 2. The number of ether oxygens (including phenoxy) is 1. The zero-order chi connectivity index (χ0) is 14.2. The van der Waals surface area contributed by atoms with Crippen LogP contribution >= 0.6 is 0 Å². The normalized spacial score (nSPS) is 12.6. The minimum atomic E-state index is 0.822. The Kier molecular flexibility index (Phi) is 2.57. The molecular weight excluding hydrogens is 264 g/mol. The highest BCUT2D eigenvalue weighted by molar-refractivity contribution is 5.72. The Labute approximate surface area is 121 Å². The third kappa shape index (κ3) is 1.99. The van der Waals surface area contributed by atoms with Gasteiger partial charge >= 0.3 is 0 Å². The summed E-state index contributed by atoms with van der Waals surface area (Å²) in [6.45, 7) is 0. The Morgan fingerprint density at radius 3 is 3.10 bits per heavy atom. The third-order valence-corrected chi connectivity index (χ3v) is 3.53. The maximum Gasteiger partial charge on any atom is 0.150 e. The molecule has 0 saturated carbocycles. The number of nitrogens with zero attached hydrogens (tertiary/aromatic N) is 2. The largest absolute Gasteiger partial charge is 0.461 e. The van der Waals surface area contributed by atoms with Crippen molar-refractivity contribution in [3.63, 3.8) is 0 Å². The van der Waals surface area contributed by atoms with Gasteiger partial charge < -0.3 is 19.8 Å². The van der Waals surface area contributed by atoms with Crippen molar-refractivity contribution >= 4 is 17.0 Å². The lowest BCUT2D eigenvalue weighted by Crippen LogP contribution is -1.99. The molecule has 0 bridgehead atoms. The molecule has 0 unspecified atom stereocenters. The highest BCUT2D eigenvalue weighted by Crippen LogP contribution is 2.32. The Morgan fingerprint density at radius 1 is 1.24 bits per heavy atom. The van der Waals surface area contributed by atoms with E-state index in [4.69, 9.17) is 4.74 Å². The summed E-state index contributed by atoms with van der Waals surface area (Å²) in [4.78, 5) is 4.68. The average Bonchev–Trinajstić information content (AvgIpc) is 2.97. The molecule has 5 nitrogen and oxygen atoms in total. The molecule has 21 heavy (non-hydrogen) atoms. The van der Waals surface area contributed by atoms with Crippen LogP contribution in [0, 0.1) is 0 Å². The smallest absolute Gasteiger partial charge is 0.150 e. The summed E-state index contributed by atoms with van der Waals surface area (Å²) in [5.41, 5.74) is 4.89. The van der Waals surface area contributed by atoms with Gasteiger partial charge in [0.05, 0.1) is 11.4 Å². The van der Waals surface area contributed by atoms with Crippen LogP contribution in [-0.4, -0.2) is 16.4 Å². The van der Waals surface area contributed by atoms with Gasteiger partial charge in [-0.15, -0.1) is 0 Å². The standard InChI is InChI=1S/C16H14N4O/c1-17-12-4-6-20-10-14(19-16(20)9-12)11-2-3-15-13(8-11)18-5-7-21-15/h2-10,17-18H,1H3. The number of anilines is 2. The first-order chi connectivity index (χ1) is 10.3. The zero-order valence-corrected chi connectivity index (χ0v) is 11.5. The number of imidazole rings is 1. The van der Waals surface area contributed by atoms with Crippen molar-refractivity contribution in [1.82, 2.24) is 9.38 Å². The van der Waals surface area contributed by atoms with Crippen LogP contribution in [0.3, 0.4) is 0 Å². The van der Waals surface area contributed by atoms with Crippen molar-refractivity contribution in [3.05, 3.63) is 55.2 Å². The molecule has 4 rings (SSSR count). The van der Waals surface area contributed by atoms with Gasteiger partial charge in [-0.1, -0.05) is 0 Å². The molecule has 3 heterocycles. The van der Waals surface area contributed by atoms with Gasteiger partial charge in [-0.2, -0.15) is 0 Å². The Morgan fingerprint density at radius 2 is 2.19 bits per heavy atom. The topological polar surface area (TPSA) is 50.6 Å². The maximum atomic E-state index is 5.43. The minimum absolute atomic E-state index is 0.822. The lowest BCUT2D eigenvalue weighted by Gasteiger charge is -2.13. The summed E-state index contributed by atoms with van der Waals surface area (Å²) in [7, 11) is 1.90. The lowest BCUT2D eigenvalue weighted by atomic mass is 10.1. The van der Waals surface area contributed by atoms with E-state index in [1.54, 1.807) is 12.5 Å². The first-order valence-corrected chi connectivity index (χ1v) is 6.73. The van der Waals surface area contributed by atoms with E-state index in [1.165, 1.54) is 0 Å². The average molecular weight is 278 g/mol. The van der Waals surface area contributed by atoms with Crippen molar-refractivity contribution in [2.75, 3.05) is 17.7 Å². The van der Waals surface area contributed by atoms with Crippen LogP contribution in [0.2, 0.25) is 0 Å². The number of rotatable bonds is 2. The van der Waals surface area contributed by atoms with Crippen molar-refractivity contribution < 1.29 is 4.74 Å². The molecule has 3 aromatic rings. The number of benzene rings is 1. The number of fused-ring (bicyclic) bond motifs is 2. The molecule has 1 aromatic carbocycles. The van der Waals surface area contributed by atoms with E-state index < -0.39 is 0 Å². The van der Waals surface area contributed by atoms with Gasteiger partial charge in [0.25, 0.3) is 0 Å². The van der Waals surface area contributed by atoms with Crippen LogP contribution in [0.25, 0.3) is 16.9 Å². The van der Waals surface area contributed by atoms with Gasteiger partial charge in [-0.3, -0.25) is 0 Å². The molecule has 1 aliphatic heterocycles. The van der Waals surface area contributed by atoms with Crippen LogP contribution < -0.4 is 15.4 Å². The van der Waals surface area contributed by atoms with Crippen LogP contribution in [0.1, 0.15) is 0 Å². The van der Waals surface area contributed by atoms with Gasteiger partial charge in [-0.05, 0) is 24.3 Å². The van der Waals surface area contributed by atoms with E-state index in [2.05, 4.69) is 15.6 Å². The second-order valence-corrected chi connectivity index (χ2v) is 4.83. The Bertz CT molecular complexity index is 851. The molecule has 0 spiro atoms. The first-order valence-electron chi connectivity index (χ1n) is 6.73. The highest BCUT2D eigenvalue weighted by Gasteiger charge is 2.10. The number of hydrogen-bond acceptors (Lipinski definition) is 4. The summed E-state index contributed by atoms with van der Waals surface area (Å²) in [6, 6.07) is 10.0. The van der Waals surface area contributed by atoms with Gasteiger partial charge in [0.2, 0.25) is 0 Å². The van der Waals surface area contributed by atoms with Crippen LogP contribution in [-0.2, 0) is 0 Å². The summed E-state index contributed by atoms with van der Waals surface area (Å²) in [5.74, 6) is 0.822. The summed E-state index contributed by atoms with van der Waals surface area (Å²) in [6.07, 6.45) is 7.43. The van der Waals surface area contributed by atoms with Gasteiger partial charge in [0.1, 0.15) is 17.7 Å². The van der Waals surface area contributed by atoms with Crippen LogP contribution in [0.5, 0.6) is 5.75 Å². The van der Waals surface area contributed by atoms with Crippen molar-refractivity contribution in [1.29, 1.82) is 0 Å². The quantitative estimate of drug-likeness (QED) is 0.755. The van der Waals surface area contributed by atoms with Gasteiger partial charge in [0.15, 0.2) is 0 Å². The number of pyridine rings is 1. The van der Waals surface area contributed by atoms with Crippen LogP contribution in [0.15, 0.2) is 55.2 Å². The fourth-order valence-corrected chi connectivity index (χ4v) is 2.41. The van der Waals surface area contributed by atoms with Crippen molar-refractivity contribution in [2.45, 2.75) is 0 Å². The Hall–Kier alpha value is -2.95. The molecular formula is C16H14N4O. The van der Waals surface area contributed by atoms with Gasteiger partial charge in [-0.25, -0.2) is 4.98 Å². The second-order valence-electron chi connectivity index (χ2n) is 4.83. The van der Waals surface area contributed by atoms with E-state index in [0.29, 0.717) is 0 Å². The predicted octanol–water partition coefficient (Wildman–Crippen LogP) is 3.32. The first kappa shape index (κ1) is 11.8. The van der Waals surface area contributed by atoms with E-state index in [9.17, 15) is 0 Å². The SMILES string of the molecule is CNc1ccn2cc(-c3ccc4c(c3)NC=CO4)nc2c1. The highest BCUT2D eigenvalue weighted by atomic mass is 16.5. The number of aromatic nitrogens is 2. The fraction of sp³-hybridized carbons (Fsp3) is 0.0625. The maximum absolute atomic E-state index is 5.43. The summed E-state index contributed by atoms with van der Waals surface area (Å²) < 4.78 is 7.44. The minimum Gasteiger partial charge on any atom is -0.461 e. The summed E-state index contributed by atoms with van der Waals surface area (Å²) in [5, 5.41) is 6.30. The van der Waals surface area contributed by atoms with Crippen molar-refractivity contribution in [2.24, 2.45) is 0 Å². The third-order valence-electron chi connectivity index (χ3n) is 3.53. The molecule has 2 aromatic heterocycles. The Balaban J connectivity index is 1.79. The molecule has 0 aliphatic carbocycles. The molecule has 1 aliphatic rings.